The maximum Gasteiger partial charge on any atom is 0.137 e. The van der Waals surface area contributed by atoms with Crippen LogP contribution in [-0.2, 0) is 6.42 Å². The first-order chi connectivity index (χ1) is 8.13. The standard InChI is InChI=1S/C11H18ClN3OS/c1-4-8-10(12)13-6-14-11(8)15-7(2)9(5-16)17-3/h6-7,9,16H,4-5H2,1-3H3,(H,13,14,15). The van der Waals surface area contributed by atoms with Crippen LogP contribution >= 0.6 is 23.4 Å². The summed E-state index contributed by atoms with van der Waals surface area (Å²) in [5.41, 5.74) is 0.916. The fraction of sp³-hybridized carbons (Fsp3) is 0.636. The molecule has 2 N–H and O–H groups in total. The minimum atomic E-state index is 0.117. The van der Waals surface area contributed by atoms with Crippen molar-refractivity contribution in [2.45, 2.75) is 31.6 Å². The van der Waals surface area contributed by atoms with E-state index in [-0.39, 0.29) is 17.9 Å². The third-order valence-electron chi connectivity index (χ3n) is 2.65. The zero-order valence-corrected chi connectivity index (χ0v) is 11.8. The van der Waals surface area contributed by atoms with Crippen LogP contribution in [0, 0.1) is 0 Å². The smallest absolute Gasteiger partial charge is 0.137 e. The lowest BCUT2D eigenvalue weighted by Crippen LogP contribution is -2.31. The molecule has 0 aliphatic rings. The van der Waals surface area contributed by atoms with Gasteiger partial charge in [0, 0.05) is 16.9 Å². The van der Waals surface area contributed by atoms with Crippen LogP contribution in [0.5, 0.6) is 0 Å². The minimum absolute atomic E-state index is 0.117. The number of aromatic nitrogens is 2. The van der Waals surface area contributed by atoms with E-state index >= 15 is 0 Å². The van der Waals surface area contributed by atoms with Crippen LogP contribution < -0.4 is 5.32 Å². The summed E-state index contributed by atoms with van der Waals surface area (Å²) in [5, 5.41) is 13.1. The highest BCUT2D eigenvalue weighted by Gasteiger charge is 2.17. The number of thioether (sulfide) groups is 1. The Morgan fingerprint density at radius 2 is 2.24 bits per heavy atom. The molecule has 6 heteroatoms. The molecule has 96 valence electrons. The van der Waals surface area contributed by atoms with Crippen molar-refractivity contribution in [3.63, 3.8) is 0 Å². The fourth-order valence-corrected chi connectivity index (χ4v) is 2.47. The summed E-state index contributed by atoms with van der Waals surface area (Å²) >= 11 is 7.64. The molecule has 4 nitrogen and oxygen atoms in total. The van der Waals surface area contributed by atoms with Crippen molar-refractivity contribution >= 4 is 29.2 Å². The van der Waals surface area contributed by atoms with E-state index in [1.165, 1.54) is 6.33 Å². The average Bonchev–Trinajstić information content (AvgIpc) is 2.31. The van der Waals surface area contributed by atoms with E-state index in [0.717, 1.165) is 17.8 Å². The van der Waals surface area contributed by atoms with Crippen LogP contribution in [0.1, 0.15) is 19.4 Å². The van der Waals surface area contributed by atoms with Gasteiger partial charge in [-0.3, -0.25) is 0 Å². The van der Waals surface area contributed by atoms with Gasteiger partial charge in [-0.15, -0.1) is 0 Å². The number of aliphatic hydroxyl groups is 1. The van der Waals surface area contributed by atoms with Gasteiger partial charge in [-0.25, -0.2) is 9.97 Å². The molecule has 0 amide bonds. The number of nitrogens with one attached hydrogen (secondary N) is 1. The van der Waals surface area contributed by atoms with Crippen LogP contribution in [0.2, 0.25) is 5.15 Å². The van der Waals surface area contributed by atoms with Crippen molar-refractivity contribution in [2.75, 3.05) is 18.2 Å². The quantitative estimate of drug-likeness (QED) is 0.780. The van der Waals surface area contributed by atoms with E-state index in [1.54, 1.807) is 11.8 Å². The van der Waals surface area contributed by atoms with Gasteiger partial charge in [0.15, 0.2) is 0 Å². The summed E-state index contributed by atoms with van der Waals surface area (Å²) in [6, 6.07) is 0.117. The minimum Gasteiger partial charge on any atom is -0.395 e. The summed E-state index contributed by atoms with van der Waals surface area (Å²) < 4.78 is 0. The fourth-order valence-electron chi connectivity index (χ4n) is 1.57. The molecule has 0 saturated heterocycles. The number of aliphatic hydroxyl groups excluding tert-OH is 1. The third-order valence-corrected chi connectivity index (χ3v) is 4.14. The van der Waals surface area contributed by atoms with Crippen molar-refractivity contribution in [3.8, 4) is 0 Å². The summed E-state index contributed by atoms with van der Waals surface area (Å²) in [4.78, 5) is 8.17. The third kappa shape index (κ3) is 3.72. The van der Waals surface area contributed by atoms with E-state index in [0.29, 0.717) is 5.15 Å². The van der Waals surface area contributed by atoms with Gasteiger partial charge in [0.2, 0.25) is 0 Å². The molecule has 0 aliphatic carbocycles. The Morgan fingerprint density at radius 3 is 2.76 bits per heavy atom. The van der Waals surface area contributed by atoms with Gasteiger partial charge in [0.1, 0.15) is 17.3 Å². The second-order valence-electron chi connectivity index (χ2n) is 3.73. The highest BCUT2D eigenvalue weighted by atomic mass is 35.5. The number of nitrogens with zero attached hydrogens (tertiary/aromatic N) is 2. The Labute approximate surface area is 111 Å². The van der Waals surface area contributed by atoms with Gasteiger partial charge in [0.05, 0.1) is 6.61 Å². The SMILES string of the molecule is CCc1c(Cl)ncnc1NC(C)C(CO)SC. The maximum absolute atomic E-state index is 9.24. The molecule has 0 bridgehead atoms. The van der Waals surface area contributed by atoms with Gasteiger partial charge < -0.3 is 10.4 Å². The lowest BCUT2D eigenvalue weighted by Gasteiger charge is -2.23. The maximum atomic E-state index is 9.24. The van der Waals surface area contributed by atoms with E-state index in [4.69, 9.17) is 11.6 Å². The van der Waals surface area contributed by atoms with Gasteiger partial charge in [-0.2, -0.15) is 11.8 Å². The van der Waals surface area contributed by atoms with Gasteiger partial charge >= 0.3 is 0 Å². The summed E-state index contributed by atoms with van der Waals surface area (Å²) in [7, 11) is 0. The first-order valence-corrected chi connectivity index (χ1v) is 7.20. The molecule has 1 rings (SSSR count). The molecule has 17 heavy (non-hydrogen) atoms. The molecule has 1 aromatic heterocycles. The predicted octanol–water partition coefficient (Wildman–Crippen LogP) is 2.22. The van der Waals surface area contributed by atoms with Crippen molar-refractivity contribution in [1.29, 1.82) is 0 Å². The molecule has 2 unspecified atom stereocenters. The molecular weight excluding hydrogens is 258 g/mol. The number of hydrogen-bond donors (Lipinski definition) is 2. The van der Waals surface area contributed by atoms with E-state index in [2.05, 4.69) is 15.3 Å². The number of anilines is 1. The molecule has 0 aliphatic heterocycles. The lowest BCUT2D eigenvalue weighted by molar-refractivity contribution is 0.288. The van der Waals surface area contributed by atoms with Crippen molar-refractivity contribution in [2.24, 2.45) is 0 Å². The Hall–Kier alpha value is -0.520. The first-order valence-electron chi connectivity index (χ1n) is 5.53. The van der Waals surface area contributed by atoms with Crippen molar-refractivity contribution in [1.82, 2.24) is 9.97 Å². The predicted molar refractivity (Wildman–Crippen MR) is 73.9 cm³/mol. The number of rotatable bonds is 6. The topological polar surface area (TPSA) is 58.0 Å². The van der Waals surface area contributed by atoms with Gasteiger partial charge in [-0.05, 0) is 19.6 Å². The Morgan fingerprint density at radius 1 is 1.53 bits per heavy atom. The van der Waals surface area contributed by atoms with Gasteiger partial charge in [0.25, 0.3) is 0 Å². The molecule has 0 spiro atoms. The van der Waals surface area contributed by atoms with E-state index in [1.807, 2.05) is 20.1 Å². The Balaban J connectivity index is 2.84. The second kappa shape index (κ2) is 7.03. The molecule has 0 fully saturated rings. The first kappa shape index (κ1) is 14.5. The van der Waals surface area contributed by atoms with Crippen LogP contribution in [0.3, 0.4) is 0 Å². The van der Waals surface area contributed by atoms with Crippen LogP contribution in [-0.4, -0.2) is 39.2 Å². The molecule has 0 aromatic carbocycles. The molecule has 1 aromatic rings. The highest BCUT2D eigenvalue weighted by Crippen LogP contribution is 2.22. The van der Waals surface area contributed by atoms with E-state index in [9.17, 15) is 5.11 Å². The lowest BCUT2D eigenvalue weighted by atomic mass is 10.2. The van der Waals surface area contributed by atoms with Crippen LogP contribution in [0.4, 0.5) is 5.82 Å². The highest BCUT2D eigenvalue weighted by molar-refractivity contribution is 7.99. The summed E-state index contributed by atoms with van der Waals surface area (Å²) in [5.74, 6) is 0.757. The van der Waals surface area contributed by atoms with Crippen molar-refractivity contribution in [3.05, 3.63) is 17.0 Å². The van der Waals surface area contributed by atoms with Crippen LogP contribution in [0.15, 0.2) is 6.33 Å². The molecule has 1 heterocycles. The monoisotopic (exact) mass is 275 g/mol. The Kier molecular flexibility index (Phi) is 6.02. The van der Waals surface area contributed by atoms with Gasteiger partial charge in [-0.1, -0.05) is 18.5 Å². The van der Waals surface area contributed by atoms with Crippen LogP contribution in [0.25, 0.3) is 0 Å². The summed E-state index contributed by atoms with van der Waals surface area (Å²) in [6.07, 6.45) is 4.20. The molecule has 0 saturated carbocycles. The second-order valence-corrected chi connectivity index (χ2v) is 5.17. The van der Waals surface area contributed by atoms with Crippen molar-refractivity contribution < 1.29 is 5.11 Å². The Bertz CT molecular complexity index is 361. The zero-order chi connectivity index (χ0) is 12.8. The van der Waals surface area contributed by atoms with E-state index < -0.39 is 0 Å². The zero-order valence-electron chi connectivity index (χ0n) is 10.3. The normalized spacial score (nSPS) is 14.4. The molecule has 0 radical (unpaired) electrons. The molecule has 2 atom stereocenters. The number of halogens is 1. The average molecular weight is 276 g/mol. The number of hydrogen-bond acceptors (Lipinski definition) is 5. The summed E-state index contributed by atoms with van der Waals surface area (Å²) in [6.45, 7) is 4.17. The largest absolute Gasteiger partial charge is 0.395 e. The molecular formula is C11H18ClN3OS.